The summed E-state index contributed by atoms with van der Waals surface area (Å²) in [6.07, 6.45) is 4.39. The summed E-state index contributed by atoms with van der Waals surface area (Å²) < 4.78 is 5.60. The summed E-state index contributed by atoms with van der Waals surface area (Å²) in [5.41, 5.74) is 0. The number of hydrogen-bond donors (Lipinski definition) is 3. The molecule has 23 heavy (non-hydrogen) atoms. The Morgan fingerprint density at radius 2 is 1.91 bits per heavy atom. The van der Waals surface area contributed by atoms with Gasteiger partial charge in [-0.1, -0.05) is 6.42 Å². The minimum atomic E-state index is -0.907. The van der Waals surface area contributed by atoms with Gasteiger partial charge in [-0.25, -0.2) is 0 Å². The lowest BCUT2D eigenvalue weighted by molar-refractivity contribution is -0.147. The number of nitrogens with zero attached hydrogens (tertiary/aromatic N) is 1. The van der Waals surface area contributed by atoms with E-state index in [1.165, 1.54) is 19.3 Å². The molecule has 2 rings (SSSR count). The van der Waals surface area contributed by atoms with Crippen LogP contribution in [-0.4, -0.2) is 71.5 Å². The zero-order valence-electron chi connectivity index (χ0n) is 13.6. The number of carboxylic acids is 1. The first-order chi connectivity index (χ1) is 11.1. The van der Waals surface area contributed by atoms with Crippen molar-refractivity contribution < 1.29 is 24.5 Å². The Morgan fingerprint density at radius 1 is 1.17 bits per heavy atom. The van der Waals surface area contributed by atoms with Gasteiger partial charge in [-0.05, 0) is 38.8 Å². The van der Waals surface area contributed by atoms with Gasteiger partial charge in [-0.15, -0.1) is 0 Å². The second kappa shape index (κ2) is 9.20. The minimum absolute atomic E-state index is 0.0284. The standard InChI is InChI=1S/C16H28N2O5/c19-11-14-13(5-4-12(23-14)10-16(21)22)17-15(20)6-9-18-7-2-1-3-8-18/h12-14,19H,1-11H2,(H,17,20)(H,21,22)/t12-,13+,14+/m0/s1. The molecule has 0 spiro atoms. The number of aliphatic hydroxyl groups excluding tert-OH is 1. The van der Waals surface area contributed by atoms with E-state index in [2.05, 4.69) is 10.2 Å². The summed E-state index contributed by atoms with van der Waals surface area (Å²) in [6.45, 7) is 2.68. The number of piperidine rings is 1. The molecular formula is C16H28N2O5. The van der Waals surface area contributed by atoms with Gasteiger partial charge >= 0.3 is 5.97 Å². The summed E-state index contributed by atoms with van der Waals surface area (Å²) in [6, 6.07) is -0.237. The molecule has 0 aromatic heterocycles. The van der Waals surface area contributed by atoms with Crippen molar-refractivity contribution in [3.05, 3.63) is 0 Å². The Bertz CT molecular complexity index is 398. The van der Waals surface area contributed by atoms with E-state index in [-0.39, 0.29) is 31.1 Å². The van der Waals surface area contributed by atoms with Crippen molar-refractivity contribution in [2.24, 2.45) is 0 Å². The molecule has 2 aliphatic rings. The van der Waals surface area contributed by atoms with Crippen LogP contribution in [0.25, 0.3) is 0 Å². The van der Waals surface area contributed by atoms with Crippen molar-refractivity contribution in [2.75, 3.05) is 26.2 Å². The Morgan fingerprint density at radius 3 is 2.57 bits per heavy atom. The lowest BCUT2D eigenvalue weighted by Gasteiger charge is -2.35. The average Bonchev–Trinajstić information content (AvgIpc) is 2.55. The summed E-state index contributed by atoms with van der Waals surface area (Å²) in [7, 11) is 0. The van der Waals surface area contributed by atoms with E-state index in [0.717, 1.165) is 19.6 Å². The van der Waals surface area contributed by atoms with Crippen molar-refractivity contribution >= 4 is 11.9 Å². The van der Waals surface area contributed by atoms with E-state index in [1.807, 2.05) is 0 Å². The van der Waals surface area contributed by atoms with Gasteiger partial charge in [0.2, 0.25) is 5.91 Å². The number of ether oxygens (including phenoxy) is 1. The van der Waals surface area contributed by atoms with Gasteiger partial charge in [0.25, 0.3) is 0 Å². The van der Waals surface area contributed by atoms with Gasteiger partial charge in [-0.3, -0.25) is 9.59 Å². The first-order valence-corrected chi connectivity index (χ1v) is 8.58. The summed E-state index contributed by atoms with van der Waals surface area (Å²) in [5.74, 6) is -0.935. The smallest absolute Gasteiger partial charge is 0.305 e. The van der Waals surface area contributed by atoms with Crippen LogP contribution < -0.4 is 5.32 Å². The minimum Gasteiger partial charge on any atom is -0.481 e. The number of rotatable bonds is 7. The summed E-state index contributed by atoms with van der Waals surface area (Å²) >= 11 is 0. The molecule has 7 heteroatoms. The van der Waals surface area contributed by atoms with Crippen LogP contribution in [0.5, 0.6) is 0 Å². The molecule has 132 valence electrons. The normalized spacial score (nSPS) is 29.2. The number of carboxylic acid groups (broad SMARTS) is 1. The second-order valence-electron chi connectivity index (χ2n) is 6.48. The van der Waals surface area contributed by atoms with Crippen LogP contribution in [0.15, 0.2) is 0 Å². The SMILES string of the molecule is O=C(O)C[C@@H]1CC[C@@H](NC(=O)CCN2CCCCC2)[C@@H](CO)O1. The van der Waals surface area contributed by atoms with Crippen molar-refractivity contribution in [2.45, 2.75) is 63.2 Å². The topological polar surface area (TPSA) is 99.1 Å². The molecule has 2 saturated heterocycles. The molecule has 0 radical (unpaired) electrons. The first-order valence-electron chi connectivity index (χ1n) is 8.58. The predicted molar refractivity (Wildman–Crippen MR) is 84.1 cm³/mol. The average molecular weight is 328 g/mol. The van der Waals surface area contributed by atoms with Gasteiger partial charge in [0.1, 0.15) is 6.10 Å². The first kappa shape index (κ1) is 18.2. The monoisotopic (exact) mass is 328 g/mol. The molecule has 0 aromatic rings. The fourth-order valence-corrected chi connectivity index (χ4v) is 3.36. The second-order valence-corrected chi connectivity index (χ2v) is 6.48. The summed E-state index contributed by atoms with van der Waals surface area (Å²) in [4.78, 5) is 25.2. The zero-order valence-corrected chi connectivity index (χ0v) is 13.6. The lowest BCUT2D eigenvalue weighted by Crippen LogP contribution is -2.51. The lowest BCUT2D eigenvalue weighted by atomic mass is 9.97. The number of amides is 1. The number of hydrogen-bond acceptors (Lipinski definition) is 5. The maximum Gasteiger partial charge on any atom is 0.305 e. The Hall–Kier alpha value is -1.18. The van der Waals surface area contributed by atoms with Crippen LogP contribution in [0, 0.1) is 0 Å². The highest BCUT2D eigenvalue weighted by Gasteiger charge is 2.32. The molecule has 7 nitrogen and oxygen atoms in total. The van der Waals surface area contributed by atoms with E-state index < -0.39 is 12.1 Å². The Labute approximate surface area is 137 Å². The predicted octanol–water partition coefficient (Wildman–Crippen LogP) is 0.362. The van der Waals surface area contributed by atoms with E-state index in [1.54, 1.807) is 0 Å². The maximum absolute atomic E-state index is 12.1. The largest absolute Gasteiger partial charge is 0.481 e. The molecule has 2 heterocycles. The molecular weight excluding hydrogens is 300 g/mol. The van der Waals surface area contributed by atoms with Crippen molar-refractivity contribution in [1.29, 1.82) is 0 Å². The molecule has 0 aromatic carbocycles. The number of likely N-dealkylation sites (tertiary alicyclic amines) is 1. The third-order valence-electron chi connectivity index (χ3n) is 4.65. The molecule has 2 aliphatic heterocycles. The molecule has 0 aliphatic carbocycles. The van der Waals surface area contributed by atoms with Gasteiger partial charge in [0.05, 0.1) is 25.2 Å². The fraction of sp³-hybridized carbons (Fsp3) is 0.875. The maximum atomic E-state index is 12.1. The molecule has 0 bridgehead atoms. The van der Waals surface area contributed by atoms with Gasteiger partial charge < -0.3 is 25.2 Å². The van der Waals surface area contributed by atoms with E-state index >= 15 is 0 Å². The molecule has 0 unspecified atom stereocenters. The number of carbonyl (C=O) groups is 2. The number of aliphatic carboxylic acids is 1. The van der Waals surface area contributed by atoms with E-state index in [4.69, 9.17) is 9.84 Å². The van der Waals surface area contributed by atoms with E-state index in [0.29, 0.717) is 19.3 Å². The van der Waals surface area contributed by atoms with Gasteiger partial charge in [0, 0.05) is 13.0 Å². The van der Waals surface area contributed by atoms with Gasteiger partial charge in [0.15, 0.2) is 0 Å². The third kappa shape index (κ3) is 6.08. The molecule has 0 saturated carbocycles. The van der Waals surface area contributed by atoms with E-state index in [9.17, 15) is 14.7 Å². The fourth-order valence-electron chi connectivity index (χ4n) is 3.36. The van der Waals surface area contributed by atoms with Crippen molar-refractivity contribution in [1.82, 2.24) is 10.2 Å². The zero-order chi connectivity index (χ0) is 16.7. The highest BCUT2D eigenvalue weighted by atomic mass is 16.5. The highest BCUT2D eigenvalue weighted by molar-refractivity contribution is 5.76. The van der Waals surface area contributed by atoms with Crippen LogP contribution in [0.4, 0.5) is 0 Å². The van der Waals surface area contributed by atoms with Crippen LogP contribution in [-0.2, 0) is 14.3 Å². The number of aliphatic hydroxyl groups is 1. The van der Waals surface area contributed by atoms with Crippen LogP contribution in [0.1, 0.15) is 44.9 Å². The molecule has 1 amide bonds. The molecule has 3 atom stereocenters. The van der Waals surface area contributed by atoms with Crippen molar-refractivity contribution in [3.63, 3.8) is 0 Å². The summed E-state index contributed by atoms with van der Waals surface area (Å²) in [5, 5.41) is 21.2. The van der Waals surface area contributed by atoms with Crippen molar-refractivity contribution in [3.8, 4) is 0 Å². The molecule has 3 N–H and O–H groups in total. The van der Waals surface area contributed by atoms with Crippen LogP contribution in [0.2, 0.25) is 0 Å². The third-order valence-corrected chi connectivity index (χ3v) is 4.65. The Balaban J connectivity index is 1.72. The van der Waals surface area contributed by atoms with Crippen LogP contribution in [0.3, 0.4) is 0 Å². The quantitative estimate of drug-likeness (QED) is 0.624. The molecule has 2 fully saturated rings. The Kier molecular flexibility index (Phi) is 7.26. The van der Waals surface area contributed by atoms with Crippen LogP contribution >= 0.6 is 0 Å². The number of nitrogens with one attached hydrogen (secondary N) is 1. The highest BCUT2D eigenvalue weighted by Crippen LogP contribution is 2.22. The van der Waals surface area contributed by atoms with Gasteiger partial charge in [-0.2, -0.15) is 0 Å². The number of carbonyl (C=O) groups excluding carboxylic acids is 1.